The van der Waals surface area contributed by atoms with E-state index < -0.39 is 0 Å². The van der Waals surface area contributed by atoms with Crippen molar-refractivity contribution in [1.82, 2.24) is 4.98 Å². The fourth-order valence-corrected chi connectivity index (χ4v) is 2.94. The molecule has 1 nitrogen and oxygen atoms in total. The van der Waals surface area contributed by atoms with Crippen LogP contribution in [0.3, 0.4) is 0 Å². The molecule has 1 atom stereocenters. The van der Waals surface area contributed by atoms with E-state index in [0.29, 0.717) is 5.92 Å². The fourth-order valence-electron chi connectivity index (χ4n) is 2.19. The first kappa shape index (κ1) is 12.1. The molecule has 2 aromatic heterocycles. The van der Waals surface area contributed by atoms with Gasteiger partial charge in [0, 0.05) is 10.9 Å². The van der Waals surface area contributed by atoms with E-state index in [0.717, 1.165) is 16.1 Å². The van der Waals surface area contributed by atoms with E-state index in [9.17, 15) is 0 Å². The predicted molar refractivity (Wildman–Crippen MR) is 85.1 cm³/mol. The summed E-state index contributed by atoms with van der Waals surface area (Å²) in [6.07, 6.45) is 12.7. The highest BCUT2D eigenvalue weighted by Gasteiger charge is 2.09. The average Bonchev–Trinajstić information content (AvgIpc) is 2.77. The van der Waals surface area contributed by atoms with Gasteiger partial charge in [-0.2, -0.15) is 0 Å². The summed E-state index contributed by atoms with van der Waals surface area (Å²) >= 11 is 1.67. The number of allylic oxidation sites excluding steroid dienone is 6. The molecule has 0 aromatic carbocycles. The lowest BCUT2D eigenvalue weighted by molar-refractivity contribution is 0.943. The van der Waals surface area contributed by atoms with Crippen molar-refractivity contribution in [3.05, 3.63) is 65.7 Å². The minimum atomic E-state index is 0.471. The normalized spacial score (nSPS) is 18.4. The Kier molecular flexibility index (Phi) is 3.18. The van der Waals surface area contributed by atoms with Gasteiger partial charge < -0.3 is 0 Å². The second kappa shape index (κ2) is 4.98. The van der Waals surface area contributed by atoms with Crippen molar-refractivity contribution in [1.29, 1.82) is 0 Å². The number of fused-ring (bicyclic) bond motifs is 1. The molecule has 2 heteroatoms. The SMILES string of the molecule is C=Cc1nc2sccc2cc1C1=CC=CC(C)C=C1. The maximum absolute atomic E-state index is 4.68. The van der Waals surface area contributed by atoms with Crippen LogP contribution in [0, 0.1) is 5.92 Å². The Labute approximate surface area is 117 Å². The lowest BCUT2D eigenvalue weighted by Crippen LogP contribution is -1.90. The van der Waals surface area contributed by atoms with Crippen LogP contribution in [0.15, 0.2) is 54.5 Å². The van der Waals surface area contributed by atoms with Crippen LogP contribution in [-0.4, -0.2) is 4.98 Å². The summed E-state index contributed by atoms with van der Waals surface area (Å²) in [4.78, 5) is 5.75. The van der Waals surface area contributed by atoms with Gasteiger partial charge in [-0.25, -0.2) is 4.98 Å². The van der Waals surface area contributed by atoms with Gasteiger partial charge in [0.15, 0.2) is 0 Å². The van der Waals surface area contributed by atoms with Crippen molar-refractivity contribution in [2.75, 3.05) is 0 Å². The van der Waals surface area contributed by atoms with Crippen LogP contribution in [0.25, 0.3) is 21.9 Å². The molecule has 0 N–H and O–H groups in total. The van der Waals surface area contributed by atoms with Crippen LogP contribution in [0.2, 0.25) is 0 Å². The summed E-state index contributed by atoms with van der Waals surface area (Å²) in [6.45, 7) is 6.07. The standard InChI is InChI=1S/C17H15NS/c1-3-16-15(11-14-9-10-19-17(14)18-16)13-6-4-5-12(2)7-8-13/h3-12H,1H2,2H3. The molecule has 2 heterocycles. The maximum atomic E-state index is 4.68. The molecule has 0 fully saturated rings. The molecular formula is C17H15NS. The average molecular weight is 265 g/mol. The molecular weight excluding hydrogens is 250 g/mol. The Morgan fingerprint density at radius 3 is 3.11 bits per heavy atom. The summed E-state index contributed by atoms with van der Waals surface area (Å²) in [5.74, 6) is 0.471. The zero-order valence-electron chi connectivity index (χ0n) is 10.8. The molecule has 2 aromatic rings. The van der Waals surface area contributed by atoms with Crippen LogP contribution in [0.4, 0.5) is 0 Å². The number of aromatic nitrogens is 1. The van der Waals surface area contributed by atoms with Crippen molar-refractivity contribution in [2.45, 2.75) is 6.92 Å². The zero-order valence-corrected chi connectivity index (χ0v) is 11.7. The van der Waals surface area contributed by atoms with Crippen LogP contribution in [0.1, 0.15) is 18.2 Å². The molecule has 0 spiro atoms. The first-order valence-electron chi connectivity index (χ1n) is 6.35. The van der Waals surface area contributed by atoms with Gasteiger partial charge in [0.2, 0.25) is 0 Å². The number of rotatable bonds is 2. The fraction of sp³-hybridized carbons (Fsp3) is 0.118. The monoisotopic (exact) mass is 265 g/mol. The Morgan fingerprint density at radius 1 is 1.37 bits per heavy atom. The van der Waals surface area contributed by atoms with E-state index in [2.05, 4.69) is 66.4 Å². The zero-order chi connectivity index (χ0) is 13.2. The Hall–Kier alpha value is -1.93. The van der Waals surface area contributed by atoms with Gasteiger partial charge in [0.1, 0.15) is 4.83 Å². The molecule has 0 aliphatic heterocycles. The summed E-state index contributed by atoms with van der Waals surface area (Å²) in [7, 11) is 0. The smallest absolute Gasteiger partial charge is 0.123 e. The van der Waals surface area contributed by atoms with Crippen molar-refractivity contribution >= 4 is 33.2 Å². The van der Waals surface area contributed by atoms with Gasteiger partial charge >= 0.3 is 0 Å². The quantitative estimate of drug-likeness (QED) is 0.737. The molecule has 0 amide bonds. The molecule has 3 rings (SSSR count). The van der Waals surface area contributed by atoms with Crippen molar-refractivity contribution in [3.8, 4) is 0 Å². The number of thiophene rings is 1. The van der Waals surface area contributed by atoms with E-state index in [1.807, 2.05) is 6.08 Å². The second-order valence-electron chi connectivity index (χ2n) is 4.67. The topological polar surface area (TPSA) is 12.9 Å². The van der Waals surface area contributed by atoms with E-state index in [4.69, 9.17) is 0 Å². The first-order chi connectivity index (χ1) is 9.28. The van der Waals surface area contributed by atoms with Gasteiger partial charge in [-0.1, -0.05) is 43.9 Å². The first-order valence-corrected chi connectivity index (χ1v) is 7.23. The molecule has 0 saturated heterocycles. The van der Waals surface area contributed by atoms with Gasteiger partial charge in [0.25, 0.3) is 0 Å². The predicted octanol–water partition coefficient (Wildman–Crippen LogP) is 5.08. The second-order valence-corrected chi connectivity index (χ2v) is 5.56. The third kappa shape index (κ3) is 2.32. The van der Waals surface area contributed by atoms with Crippen molar-refractivity contribution in [3.63, 3.8) is 0 Å². The van der Waals surface area contributed by atoms with Gasteiger partial charge in [-0.15, -0.1) is 11.3 Å². The molecule has 0 bridgehead atoms. The maximum Gasteiger partial charge on any atom is 0.123 e. The van der Waals surface area contributed by atoms with Crippen molar-refractivity contribution in [2.24, 2.45) is 5.92 Å². The molecule has 0 radical (unpaired) electrons. The van der Waals surface area contributed by atoms with E-state index in [1.54, 1.807) is 11.3 Å². The molecule has 94 valence electrons. The van der Waals surface area contributed by atoms with Crippen LogP contribution in [0.5, 0.6) is 0 Å². The Morgan fingerprint density at radius 2 is 2.26 bits per heavy atom. The number of nitrogens with zero attached hydrogens (tertiary/aromatic N) is 1. The minimum Gasteiger partial charge on any atom is -0.237 e. The highest BCUT2D eigenvalue weighted by Crippen LogP contribution is 2.28. The third-order valence-corrected chi connectivity index (χ3v) is 4.07. The summed E-state index contributed by atoms with van der Waals surface area (Å²) in [6, 6.07) is 4.32. The third-order valence-electron chi connectivity index (χ3n) is 3.25. The van der Waals surface area contributed by atoms with Crippen LogP contribution < -0.4 is 0 Å². The summed E-state index contributed by atoms with van der Waals surface area (Å²) in [5, 5.41) is 3.27. The molecule has 0 saturated carbocycles. The minimum absolute atomic E-state index is 0.471. The van der Waals surface area contributed by atoms with Crippen LogP contribution >= 0.6 is 11.3 Å². The van der Waals surface area contributed by atoms with Gasteiger partial charge in [-0.05, 0) is 35.1 Å². The largest absolute Gasteiger partial charge is 0.237 e. The molecule has 1 unspecified atom stereocenters. The van der Waals surface area contributed by atoms with E-state index in [-0.39, 0.29) is 0 Å². The number of hydrogen-bond acceptors (Lipinski definition) is 2. The lowest BCUT2D eigenvalue weighted by Gasteiger charge is -2.06. The molecule has 19 heavy (non-hydrogen) atoms. The van der Waals surface area contributed by atoms with E-state index in [1.165, 1.54) is 11.0 Å². The Balaban J connectivity index is 2.18. The van der Waals surface area contributed by atoms with Gasteiger partial charge in [0.05, 0.1) is 5.69 Å². The van der Waals surface area contributed by atoms with Crippen LogP contribution in [-0.2, 0) is 0 Å². The highest BCUT2D eigenvalue weighted by atomic mass is 32.1. The number of hydrogen-bond donors (Lipinski definition) is 0. The van der Waals surface area contributed by atoms with E-state index >= 15 is 0 Å². The Bertz CT molecular complexity index is 716. The molecule has 1 aliphatic carbocycles. The summed E-state index contributed by atoms with van der Waals surface area (Å²) in [5.41, 5.74) is 3.29. The van der Waals surface area contributed by atoms with Crippen molar-refractivity contribution < 1.29 is 0 Å². The highest BCUT2D eigenvalue weighted by molar-refractivity contribution is 7.16. The molecule has 1 aliphatic rings. The van der Waals surface area contributed by atoms with Gasteiger partial charge in [-0.3, -0.25) is 0 Å². The lowest BCUT2D eigenvalue weighted by atomic mass is 10.0. The number of pyridine rings is 1. The summed E-state index contributed by atoms with van der Waals surface area (Å²) < 4.78 is 0.